The fourth-order valence-electron chi connectivity index (χ4n) is 3.57. The second kappa shape index (κ2) is 11.9. The molecule has 6 heteroatoms. The van der Waals surface area contributed by atoms with Gasteiger partial charge in [-0.3, -0.25) is 4.98 Å². The molecule has 1 atom stereocenters. The van der Waals surface area contributed by atoms with Gasteiger partial charge in [0.25, 0.3) is 0 Å². The molecule has 31 heavy (non-hydrogen) atoms. The number of nitrogens with zero attached hydrogens (tertiary/aromatic N) is 4. The van der Waals surface area contributed by atoms with Crippen molar-refractivity contribution in [2.75, 3.05) is 25.5 Å². The molecule has 4 rings (SSSR count). The number of hydrogen-bond donors (Lipinski definition) is 1. The van der Waals surface area contributed by atoms with Crippen molar-refractivity contribution in [1.29, 1.82) is 0 Å². The number of likely N-dealkylation sites (N-methyl/N-ethyl adjacent to an activating group) is 1. The number of carbonyl (C=O) groups excluding carboxylic acids is 1. The van der Waals surface area contributed by atoms with E-state index in [0.717, 1.165) is 55.2 Å². The molecule has 162 valence electrons. The molecule has 1 saturated heterocycles. The van der Waals surface area contributed by atoms with Gasteiger partial charge in [-0.15, -0.1) is 0 Å². The van der Waals surface area contributed by atoms with Gasteiger partial charge in [-0.1, -0.05) is 37.3 Å². The van der Waals surface area contributed by atoms with Crippen LogP contribution in [-0.4, -0.2) is 46.3 Å². The van der Waals surface area contributed by atoms with Crippen LogP contribution >= 0.6 is 0 Å². The number of likely N-dealkylation sites (tertiary alicyclic amines) is 1. The standard InChI is InChI=1S/C22H25N5.C3H6O/c1-27-12-6-10-19(16-27)22-25-20(18-9-5-11-23-15-18)13-21(26-22)24-14-17-7-3-2-4-8-17;1-2-3-4/h2-5,7-9,11,13,15,19H,6,10,12,14,16H2,1H3,(H,24,25,26);3H,2H2,1H3. The normalized spacial score (nSPS) is 16.1. The summed E-state index contributed by atoms with van der Waals surface area (Å²) in [6, 6.07) is 16.4. The van der Waals surface area contributed by atoms with Crippen LogP contribution in [0.5, 0.6) is 0 Å². The van der Waals surface area contributed by atoms with Gasteiger partial charge < -0.3 is 15.0 Å². The number of hydrogen-bond acceptors (Lipinski definition) is 6. The maximum atomic E-state index is 9.17. The molecule has 0 aliphatic carbocycles. The van der Waals surface area contributed by atoms with E-state index in [0.29, 0.717) is 12.3 Å². The highest BCUT2D eigenvalue weighted by atomic mass is 16.1. The molecule has 1 N–H and O–H groups in total. The van der Waals surface area contributed by atoms with Crippen molar-refractivity contribution < 1.29 is 4.79 Å². The Labute approximate surface area is 184 Å². The van der Waals surface area contributed by atoms with Crippen LogP contribution in [0.2, 0.25) is 0 Å². The average Bonchev–Trinajstić information content (AvgIpc) is 2.84. The fraction of sp³-hybridized carbons (Fsp3) is 0.360. The smallest absolute Gasteiger partial charge is 0.135 e. The molecule has 1 unspecified atom stereocenters. The van der Waals surface area contributed by atoms with Crippen molar-refractivity contribution in [2.45, 2.75) is 38.6 Å². The SMILES string of the molecule is CCC=O.CN1CCCC(c2nc(NCc3ccccc3)cc(-c3cccnc3)n2)C1. The Bertz CT molecular complexity index is 933. The number of pyridine rings is 1. The van der Waals surface area contributed by atoms with Crippen molar-refractivity contribution >= 4 is 12.1 Å². The van der Waals surface area contributed by atoms with Crippen LogP contribution in [0.3, 0.4) is 0 Å². The van der Waals surface area contributed by atoms with E-state index in [1.165, 1.54) is 12.0 Å². The van der Waals surface area contributed by atoms with Gasteiger partial charge in [0, 0.05) is 49.5 Å². The van der Waals surface area contributed by atoms with Gasteiger partial charge >= 0.3 is 0 Å². The Hall–Kier alpha value is -3.12. The number of rotatable bonds is 6. The van der Waals surface area contributed by atoms with Crippen LogP contribution in [-0.2, 0) is 11.3 Å². The molecule has 1 aromatic carbocycles. The molecule has 0 radical (unpaired) electrons. The van der Waals surface area contributed by atoms with E-state index in [2.05, 4.69) is 46.5 Å². The van der Waals surface area contributed by atoms with E-state index in [4.69, 9.17) is 9.97 Å². The highest BCUT2D eigenvalue weighted by Gasteiger charge is 2.22. The minimum absolute atomic E-state index is 0.373. The summed E-state index contributed by atoms with van der Waals surface area (Å²) in [5, 5.41) is 3.48. The third kappa shape index (κ3) is 6.96. The largest absolute Gasteiger partial charge is 0.366 e. The number of piperidine rings is 1. The van der Waals surface area contributed by atoms with E-state index in [9.17, 15) is 4.79 Å². The maximum Gasteiger partial charge on any atom is 0.135 e. The number of aldehydes is 1. The zero-order valence-corrected chi connectivity index (χ0v) is 18.4. The molecular weight excluding hydrogens is 386 g/mol. The molecule has 1 fully saturated rings. The monoisotopic (exact) mass is 417 g/mol. The van der Waals surface area contributed by atoms with Crippen molar-refractivity contribution in [3.8, 4) is 11.3 Å². The Morgan fingerprint density at radius 2 is 1.97 bits per heavy atom. The van der Waals surface area contributed by atoms with Gasteiger partial charge in [-0.2, -0.15) is 0 Å². The number of benzene rings is 1. The minimum Gasteiger partial charge on any atom is -0.366 e. The van der Waals surface area contributed by atoms with Gasteiger partial charge in [0.1, 0.15) is 17.9 Å². The van der Waals surface area contributed by atoms with Crippen LogP contribution in [0.25, 0.3) is 11.3 Å². The van der Waals surface area contributed by atoms with Gasteiger partial charge in [-0.25, -0.2) is 9.97 Å². The van der Waals surface area contributed by atoms with Gasteiger partial charge in [0.15, 0.2) is 0 Å². The number of anilines is 1. The van der Waals surface area contributed by atoms with Crippen LogP contribution in [0, 0.1) is 0 Å². The fourth-order valence-corrected chi connectivity index (χ4v) is 3.57. The molecule has 3 aromatic rings. The summed E-state index contributed by atoms with van der Waals surface area (Å²) in [7, 11) is 2.17. The zero-order valence-electron chi connectivity index (χ0n) is 18.4. The lowest BCUT2D eigenvalue weighted by atomic mass is 9.97. The summed E-state index contributed by atoms with van der Waals surface area (Å²) < 4.78 is 0. The topological polar surface area (TPSA) is 71.0 Å². The van der Waals surface area contributed by atoms with Gasteiger partial charge in [-0.05, 0) is 44.1 Å². The summed E-state index contributed by atoms with van der Waals surface area (Å²) in [5.41, 5.74) is 3.18. The van der Waals surface area contributed by atoms with Crippen molar-refractivity contribution in [1.82, 2.24) is 19.9 Å². The van der Waals surface area contributed by atoms with Crippen molar-refractivity contribution in [3.63, 3.8) is 0 Å². The Kier molecular flexibility index (Phi) is 8.67. The minimum atomic E-state index is 0.373. The second-order valence-electron chi connectivity index (χ2n) is 7.75. The second-order valence-corrected chi connectivity index (χ2v) is 7.75. The first-order chi connectivity index (χ1) is 15.2. The predicted molar refractivity (Wildman–Crippen MR) is 125 cm³/mol. The third-order valence-electron chi connectivity index (χ3n) is 5.17. The Morgan fingerprint density at radius 3 is 2.65 bits per heavy atom. The summed E-state index contributed by atoms with van der Waals surface area (Å²) in [4.78, 5) is 25.6. The quantitative estimate of drug-likeness (QED) is 0.593. The lowest BCUT2D eigenvalue weighted by molar-refractivity contribution is -0.107. The molecular formula is C25H31N5O. The first-order valence-corrected chi connectivity index (χ1v) is 10.9. The zero-order chi connectivity index (χ0) is 21.9. The molecule has 2 aromatic heterocycles. The summed E-state index contributed by atoms with van der Waals surface area (Å²) >= 11 is 0. The number of aromatic nitrogens is 3. The van der Waals surface area contributed by atoms with Crippen molar-refractivity contribution in [3.05, 3.63) is 72.3 Å². The van der Waals surface area contributed by atoms with Crippen LogP contribution < -0.4 is 5.32 Å². The molecule has 3 heterocycles. The Balaban J connectivity index is 0.000000628. The van der Waals surface area contributed by atoms with E-state index < -0.39 is 0 Å². The Morgan fingerprint density at radius 1 is 1.16 bits per heavy atom. The highest BCUT2D eigenvalue weighted by Crippen LogP contribution is 2.27. The molecule has 0 saturated carbocycles. The number of nitrogens with one attached hydrogen (secondary N) is 1. The molecule has 0 amide bonds. The lowest BCUT2D eigenvalue weighted by Crippen LogP contribution is -2.31. The average molecular weight is 418 g/mol. The van der Waals surface area contributed by atoms with E-state index in [1.54, 1.807) is 6.20 Å². The molecule has 6 nitrogen and oxygen atoms in total. The first-order valence-electron chi connectivity index (χ1n) is 10.9. The highest BCUT2D eigenvalue weighted by molar-refractivity contribution is 5.61. The van der Waals surface area contributed by atoms with E-state index in [-0.39, 0.29) is 0 Å². The van der Waals surface area contributed by atoms with Crippen LogP contribution in [0.1, 0.15) is 43.5 Å². The van der Waals surface area contributed by atoms with Crippen LogP contribution in [0.15, 0.2) is 60.9 Å². The number of carbonyl (C=O) groups is 1. The molecule has 0 bridgehead atoms. The summed E-state index contributed by atoms with van der Waals surface area (Å²) in [6.07, 6.45) is 7.49. The van der Waals surface area contributed by atoms with Gasteiger partial charge in [0.05, 0.1) is 5.69 Å². The third-order valence-corrected chi connectivity index (χ3v) is 5.17. The molecule has 1 aliphatic rings. The van der Waals surface area contributed by atoms with E-state index >= 15 is 0 Å². The summed E-state index contributed by atoms with van der Waals surface area (Å²) in [6.45, 7) is 4.72. The first kappa shape index (κ1) is 22.6. The van der Waals surface area contributed by atoms with Gasteiger partial charge in [0.2, 0.25) is 0 Å². The molecule has 0 spiro atoms. The molecule has 1 aliphatic heterocycles. The summed E-state index contributed by atoms with van der Waals surface area (Å²) in [5.74, 6) is 2.17. The maximum absolute atomic E-state index is 9.17. The predicted octanol–water partition coefficient (Wildman–Crippen LogP) is 4.56. The lowest BCUT2D eigenvalue weighted by Gasteiger charge is -2.29. The van der Waals surface area contributed by atoms with Crippen LogP contribution in [0.4, 0.5) is 5.82 Å². The van der Waals surface area contributed by atoms with Crippen molar-refractivity contribution in [2.24, 2.45) is 0 Å². The van der Waals surface area contributed by atoms with E-state index in [1.807, 2.05) is 37.4 Å².